The molecule has 1 amide bonds. The number of hydrogen-bond acceptors (Lipinski definition) is 4. The molecular formula is C15H22N2O4. The van der Waals surface area contributed by atoms with Crippen LogP contribution in [0.5, 0.6) is 5.75 Å². The Balaban J connectivity index is 2.11. The molecule has 116 valence electrons. The Morgan fingerprint density at radius 1 is 1.38 bits per heavy atom. The zero-order valence-electron chi connectivity index (χ0n) is 12.6. The number of rotatable bonds is 5. The molecule has 1 aliphatic heterocycles. The van der Waals surface area contributed by atoms with Crippen molar-refractivity contribution in [2.75, 3.05) is 27.4 Å². The normalized spacial score (nSPS) is 18.6. The van der Waals surface area contributed by atoms with Gasteiger partial charge >= 0.3 is 0 Å². The Morgan fingerprint density at radius 2 is 2.19 bits per heavy atom. The van der Waals surface area contributed by atoms with Gasteiger partial charge in [0.15, 0.2) is 5.75 Å². The van der Waals surface area contributed by atoms with E-state index < -0.39 is 0 Å². The second-order valence-electron chi connectivity index (χ2n) is 5.20. The topological polar surface area (TPSA) is 60.8 Å². The van der Waals surface area contributed by atoms with Crippen molar-refractivity contribution in [1.29, 1.82) is 0 Å². The monoisotopic (exact) mass is 294 g/mol. The van der Waals surface area contributed by atoms with Gasteiger partial charge in [0.05, 0.1) is 19.8 Å². The molecule has 2 heterocycles. The maximum Gasteiger partial charge on any atom is 0.293 e. The number of carbonyl (C=O) groups is 1. The molecule has 0 spiro atoms. The van der Waals surface area contributed by atoms with Crippen LogP contribution < -0.4 is 10.3 Å². The highest BCUT2D eigenvalue weighted by atomic mass is 16.5. The fourth-order valence-electron chi connectivity index (χ4n) is 2.73. The van der Waals surface area contributed by atoms with Crippen LogP contribution in [-0.2, 0) is 16.1 Å². The Hall–Kier alpha value is -1.82. The molecule has 21 heavy (non-hydrogen) atoms. The summed E-state index contributed by atoms with van der Waals surface area (Å²) >= 11 is 0. The predicted molar refractivity (Wildman–Crippen MR) is 78.5 cm³/mol. The van der Waals surface area contributed by atoms with Gasteiger partial charge in [-0.3, -0.25) is 9.59 Å². The number of ether oxygens (including phenoxy) is 2. The van der Waals surface area contributed by atoms with Gasteiger partial charge in [-0.25, -0.2) is 0 Å². The molecule has 0 unspecified atom stereocenters. The zero-order valence-corrected chi connectivity index (χ0v) is 12.6. The van der Waals surface area contributed by atoms with Crippen molar-refractivity contribution < 1.29 is 14.3 Å². The number of hydrogen-bond donors (Lipinski definition) is 0. The SMILES string of the molecule is COC[C@@H]1CCCCN1C(=O)Cn1cccc(OC)c1=O. The molecule has 0 saturated carbocycles. The lowest BCUT2D eigenvalue weighted by atomic mass is 10.0. The highest BCUT2D eigenvalue weighted by Gasteiger charge is 2.26. The van der Waals surface area contributed by atoms with Crippen LogP contribution in [0.3, 0.4) is 0 Å². The van der Waals surface area contributed by atoms with Crippen molar-refractivity contribution in [2.24, 2.45) is 0 Å². The van der Waals surface area contributed by atoms with Crippen LogP contribution in [0.1, 0.15) is 19.3 Å². The first-order valence-corrected chi connectivity index (χ1v) is 7.19. The molecule has 1 aromatic heterocycles. The van der Waals surface area contributed by atoms with Crippen molar-refractivity contribution in [3.05, 3.63) is 28.7 Å². The average Bonchev–Trinajstić information content (AvgIpc) is 2.50. The summed E-state index contributed by atoms with van der Waals surface area (Å²) in [7, 11) is 3.09. The number of amides is 1. The number of pyridine rings is 1. The summed E-state index contributed by atoms with van der Waals surface area (Å²) in [4.78, 5) is 26.4. The largest absolute Gasteiger partial charge is 0.491 e. The van der Waals surface area contributed by atoms with Gasteiger partial charge in [0, 0.05) is 19.9 Å². The summed E-state index contributed by atoms with van der Waals surface area (Å²) in [5, 5.41) is 0. The van der Waals surface area contributed by atoms with E-state index in [0.717, 1.165) is 25.8 Å². The lowest BCUT2D eigenvalue weighted by molar-refractivity contribution is -0.136. The fourth-order valence-corrected chi connectivity index (χ4v) is 2.73. The smallest absolute Gasteiger partial charge is 0.293 e. The molecule has 0 radical (unpaired) electrons. The molecule has 6 nitrogen and oxygen atoms in total. The maximum atomic E-state index is 12.5. The Morgan fingerprint density at radius 3 is 2.90 bits per heavy atom. The summed E-state index contributed by atoms with van der Waals surface area (Å²) in [6.45, 7) is 1.31. The number of carbonyl (C=O) groups excluding carboxylic acids is 1. The van der Waals surface area contributed by atoms with Crippen molar-refractivity contribution in [3.8, 4) is 5.75 Å². The zero-order chi connectivity index (χ0) is 15.2. The first kappa shape index (κ1) is 15.6. The molecule has 1 fully saturated rings. The molecule has 1 atom stereocenters. The quantitative estimate of drug-likeness (QED) is 0.809. The second-order valence-corrected chi connectivity index (χ2v) is 5.20. The van der Waals surface area contributed by atoms with E-state index in [9.17, 15) is 9.59 Å². The average molecular weight is 294 g/mol. The summed E-state index contributed by atoms with van der Waals surface area (Å²) in [5.41, 5.74) is -0.284. The van der Waals surface area contributed by atoms with Crippen molar-refractivity contribution in [1.82, 2.24) is 9.47 Å². The molecule has 0 aromatic carbocycles. The first-order valence-electron chi connectivity index (χ1n) is 7.19. The predicted octanol–water partition coefficient (Wildman–Crippen LogP) is 0.884. The van der Waals surface area contributed by atoms with Crippen molar-refractivity contribution in [2.45, 2.75) is 31.8 Å². The second kappa shape index (κ2) is 7.26. The van der Waals surface area contributed by atoms with E-state index in [-0.39, 0.29) is 29.8 Å². The molecule has 0 N–H and O–H groups in total. The summed E-state index contributed by atoms with van der Waals surface area (Å²) < 4.78 is 11.6. The Kier molecular flexibility index (Phi) is 5.38. The highest BCUT2D eigenvalue weighted by Crippen LogP contribution is 2.17. The van der Waals surface area contributed by atoms with Gasteiger partial charge in [-0.2, -0.15) is 0 Å². The van der Waals surface area contributed by atoms with Gasteiger partial charge < -0.3 is 18.9 Å². The fraction of sp³-hybridized carbons (Fsp3) is 0.600. The molecule has 2 rings (SSSR count). The maximum absolute atomic E-state index is 12.5. The van der Waals surface area contributed by atoms with E-state index in [2.05, 4.69) is 0 Å². The van der Waals surface area contributed by atoms with E-state index >= 15 is 0 Å². The van der Waals surface area contributed by atoms with E-state index in [4.69, 9.17) is 9.47 Å². The molecular weight excluding hydrogens is 272 g/mol. The third kappa shape index (κ3) is 3.64. The standard InChI is InChI=1S/C15H22N2O4/c1-20-11-12-6-3-4-9-17(12)14(18)10-16-8-5-7-13(21-2)15(16)19/h5,7-8,12H,3-4,6,9-11H2,1-2H3/t12-/m0/s1. The highest BCUT2D eigenvalue weighted by molar-refractivity contribution is 5.76. The molecule has 6 heteroatoms. The summed E-state index contributed by atoms with van der Waals surface area (Å²) in [5.74, 6) is 0.199. The van der Waals surface area contributed by atoms with Crippen LogP contribution in [0.15, 0.2) is 23.1 Å². The number of aromatic nitrogens is 1. The third-order valence-electron chi connectivity index (χ3n) is 3.82. The van der Waals surface area contributed by atoms with Crippen LogP contribution in [0.2, 0.25) is 0 Å². The van der Waals surface area contributed by atoms with Crippen molar-refractivity contribution in [3.63, 3.8) is 0 Å². The molecule has 1 saturated heterocycles. The number of nitrogens with zero attached hydrogens (tertiary/aromatic N) is 2. The van der Waals surface area contributed by atoms with Gasteiger partial charge in [0.1, 0.15) is 6.54 Å². The van der Waals surface area contributed by atoms with Crippen LogP contribution in [0, 0.1) is 0 Å². The molecule has 1 aliphatic rings. The van der Waals surface area contributed by atoms with Crippen molar-refractivity contribution >= 4 is 5.91 Å². The first-order chi connectivity index (χ1) is 10.2. The molecule has 0 aliphatic carbocycles. The van der Waals surface area contributed by atoms with E-state index in [0.29, 0.717) is 6.61 Å². The lowest BCUT2D eigenvalue weighted by Gasteiger charge is -2.35. The third-order valence-corrected chi connectivity index (χ3v) is 3.82. The number of likely N-dealkylation sites (tertiary alicyclic amines) is 1. The summed E-state index contributed by atoms with van der Waals surface area (Å²) in [6.07, 6.45) is 4.67. The minimum Gasteiger partial charge on any atom is -0.491 e. The lowest BCUT2D eigenvalue weighted by Crippen LogP contribution is -2.47. The van der Waals surface area contributed by atoms with E-state index in [1.54, 1.807) is 25.4 Å². The summed E-state index contributed by atoms with van der Waals surface area (Å²) in [6, 6.07) is 3.41. The Labute approximate surface area is 124 Å². The molecule has 1 aromatic rings. The number of piperidine rings is 1. The van der Waals surface area contributed by atoms with E-state index in [1.165, 1.54) is 11.7 Å². The van der Waals surface area contributed by atoms with Gasteiger partial charge in [-0.15, -0.1) is 0 Å². The molecule has 0 bridgehead atoms. The van der Waals surface area contributed by atoms with Crippen LogP contribution in [0.25, 0.3) is 0 Å². The minimum atomic E-state index is -0.284. The van der Waals surface area contributed by atoms with Crippen LogP contribution >= 0.6 is 0 Å². The van der Waals surface area contributed by atoms with Crippen LogP contribution in [-0.4, -0.2) is 48.8 Å². The Bertz CT molecular complexity index is 539. The van der Waals surface area contributed by atoms with E-state index in [1.807, 2.05) is 4.90 Å². The number of methoxy groups -OCH3 is 2. The van der Waals surface area contributed by atoms with Crippen LogP contribution in [0.4, 0.5) is 0 Å². The minimum absolute atomic E-state index is 0.0379. The van der Waals surface area contributed by atoms with Gasteiger partial charge in [-0.1, -0.05) is 0 Å². The van der Waals surface area contributed by atoms with Gasteiger partial charge in [-0.05, 0) is 31.4 Å². The van der Waals surface area contributed by atoms with Gasteiger partial charge in [0.2, 0.25) is 5.91 Å². The van der Waals surface area contributed by atoms with Gasteiger partial charge in [0.25, 0.3) is 5.56 Å².